The standard InChI is InChI=1S/C13H17N3O2/c1-15-9-2-3-11-10(6-9)16(12(17)7-18-11)8-13(14)4-5-13/h2-3,6,15H,4-5,7-8,14H2,1H3. The molecule has 1 aliphatic heterocycles. The van der Waals surface area contributed by atoms with Crippen LogP contribution in [0.4, 0.5) is 11.4 Å². The van der Waals surface area contributed by atoms with Gasteiger partial charge in [0, 0.05) is 24.8 Å². The lowest BCUT2D eigenvalue weighted by molar-refractivity contribution is -0.121. The zero-order valence-corrected chi connectivity index (χ0v) is 10.4. The third-order valence-electron chi connectivity index (χ3n) is 3.56. The highest BCUT2D eigenvalue weighted by Gasteiger charge is 2.42. The Balaban J connectivity index is 1.96. The molecule has 1 fully saturated rings. The molecule has 1 heterocycles. The quantitative estimate of drug-likeness (QED) is 0.834. The summed E-state index contributed by atoms with van der Waals surface area (Å²) in [5.74, 6) is 0.727. The zero-order valence-electron chi connectivity index (χ0n) is 10.4. The summed E-state index contributed by atoms with van der Waals surface area (Å²) in [6, 6.07) is 5.75. The number of carbonyl (C=O) groups excluding carboxylic acids is 1. The summed E-state index contributed by atoms with van der Waals surface area (Å²) in [5, 5.41) is 3.07. The number of nitrogens with one attached hydrogen (secondary N) is 1. The number of anilines is 2. The number of hydrogen-bond donors (Lipinski definition) is 2. The Kier molecular flexibility index (Phi) is 2.45. The van der Waals surface area contributed by atoms with Crippen molar-refractivity contribution in [3.8, 4) is 5.75 Å². The monoisotopic (exact) mass is 247 g/mol. The Morgan fingerprint density at radius 2 is 2.28 bits per heavy atom. The molecule has 3 rings (SSSR count). The van der Waals surface area contributed by atoms with Crippen LogP contribution >= 0.6 is 0 Å². The van der Waals surface area contributed by atoms with E-state index in [0.717, 1.165) is 30.0 Å². The Morgan fingerprint density at radius 1 is 1.50 bits per heavy atom. The molecule has 3 N–H and O–H groups in total. The normalized spacial score (nSPS) is 20.1. The van der Waals surface area contributed by atoms with Crippen LogP contribution in [0, 0.1) is 0 Å². The summed E-state index contributed by atoms with van der Waals surface area (Å²) >= 11 is 0. The number of benzene rings is 1. The number of ether oxygens (including phenoxy) is 1. The van der Waals surface area contributed by atoms with E-state index in [-0.39, 0.29) is 18.1 Å². The molecule has 5 heteroatoms. The average Bonchev–Trinajstić information content (AvgIpc) is 3.10. The van der Waals surface area contributed by atoms with Crippen LogP contribution in [0.25, 0.3) is 0 Å². The van der Waals surface area contributed by atoms with Crippen LogP contribution in [-0.2, 0) is 4.79 Å². The van der Waals surface area contributed by atoms with Crippen LogP contribution in [0.2, 0.25) is 0 Å². The first-order valence-electron chi connectivity index (χ1n) is 6.15. The first-order chi connectivity index (χ1) is 8.61. The van der Waals surface area contributed by atoms with Crippen molar-refractivity contribution in [1.29, 1.82) is 0 Å². The third-order valence-corrected chi connectivity index (χ3v) is 3.56. The molecule has 1 aromatic carbocycles. The first kappa shape index (κ1) is 11.3. The van der Waals surface area contributed by atoms with Gasteiger partial charge in [-0.2, -0.15) is 0 Å². The van der Waals surface area contributed by atoms with Gasteiger partial charge in [0.2, 0.25) is 0 Å². The van der Waals surface area contributed by atoms with Crippen LogP contribution in [0.5, 0.6) is 5.75 Å². The van der Waals surface area contributed by atoms with Crippen molar-refractivity contribution < 1.29 is 9.53 Å². The molecule has 0 spiro atoms. The molecule has 1 saturated carbocycles. The van der Waals surface area contributed by atoms with Crippen LogP contribution in [0.3, 0.4) is 0 Å². The number of amides is 1. The molecule has 0 bridgehead atoms. The van der Waals surface area contributed by atoms with E-state index in [4.69, 9.17) is 10.5 Å². The van der Waals surface area contributed by atoms with Crippen molar-refractivity contribution in [3.63, 3.8) is 0 Å². The van der Waals surface area contributed by atoms with Gasteiger partial charge in [0.25, 0.3) is 5.91 Å². The van der Waals surface area contributed by atoms with Gasteiger partial charge in [-0.25, -0.2) is 0 Å². The second-order valence-corrected chi connectivity index (χ2v) is 5.06. The molecule has 0 atom stereocenters. The Morgan fingerprint density at radius 3 is 2.94 bits per heavy atom. The van der Waals surface area contributed by atoms with Crippen LogP contribution in [-0.4, -0.2) is 31.6 Å². The fourth-order valence-corrected chi connectivity index (χ4v) is 2.16. The van der Waals surface area contributed by atoms with Gasteiger partial charge in [0.05, 0.1) is 5.69 Å². The topological polar surface area (TPSA) is 67.6 Å². The number of hydrogen-bond acceptors (Lipinski definition) is 4. The Bertz CT molecular complexity index is 497. The number of carbonyl (C=O) groups is 1. The molecule has 0 unspecified atom stereocenters. The second-order valence-electron chi connectivity index (χ2n) is 5.06. The third kappa shape index (κ3) is 1.90. The maximum Gasteiger partial charge on any atom is 0.265 e. The summed E-state index contributed by atoms with van der Waals surface area (Å²) in [5.41, 5.74) is 7.69. The predicted octanol–water partition coefficient (Wildman–Crippen LogP) is 0.945. The fourth-order valence-electron chi connectivity index (χ4n) is 2.16. The molecule has 1 aromatic rings. The van der Waals surface area contributed by atoms with Gasteiger partial charge in [-0.1, -0.05) is 0 Å². The number of fused-ring (bicyclic) bond motifs is 1. The van der Waals surface area contributed by atoms with E-state index >= 15 is 0 Å². The SMILES string of the molecule is CNc1ccc2c(c1)N(CC1(N)CC1)C(=O)CO2. The van der Waals surface area contributed by atoms with Crippen molar-refractivity contribution in [2.75, 3.05) is 30.4 Å². The summed E-state index contributed by atoms with van der Waals surface area (Å²) in [7, 11) is 1.85. The Labute approximate surface area is 106 Å². The molecule has 1 aliphatic carbocycles. The van der Waals surface area contributed by atoms with E-state index in [0.29, 0.717) is 6.54 Å². The minimum atomic E-state index is -0.195. The smallest absolute Gasteiger partial charge is 0.265 e. The van der Waals surface area contributed by atoms with E-state index in [2.05, 4.69) is 5.32 Å². The molecular weight excluding hydrogens is 230 g/mol. The van der Waals surface area contributed by atoms with Gasteiger partial charge < -0.3 is 20.7 Å². The minimum Gasteiger partial charge on any atom is -0.482 e. The molecule has 2 aliphatic rings. The molecule has 5 nitrogen and oxygen atoms in total. The number of nitrogens with zero attached hydrogens (tertiary/aromatic N) is 1. The Hall–Kier alpha value is -1.75. The molecule has 1 amide bonds. The van der Waals surface area contributed by atoms with Gasteiger partial charge in [0.15, 0.2) is 6.61 Å². The summed E-state index contributed by atoms with van der Waals surface area (Å²) in [4.78, 5) is 13.7. The number of nitrogens with two attached hydrogens (primary N) is 1. The van der Waals surface area contributed by atoms with Crippen molar-refractivity contribution in [3.05, 3.63) is 18.2 Å². The molecule has 0 radical (unpaired) electrons. The maximum atomic E-state index is 12.0. The summed E-state index contributed by atoms with van der Waals surface area (Å²) in [6.07, 6.45) is 1.97. The van der Waals surface area contributed by atoms with E-state index in [9.17, 15) is 4.79 Å². The summed E-state index contributed by atoms with van der Waals surface area (Å²) < 4.78 is 5.44. The highest BCUT2D eigenvalue weighted by Crippen LogP contribution is 2.39. The van der Waals surface area contributed by atoms with Crippen LogP contribution < -0.4 is 20.7 Å². The maximum absolute atomic E-state index is 12.0. The van der Waals surface area contributed by atoms with E-state index in [1.165, 1.54) is 0 Å². The van der Waals surface area contributed by atoms with E-state index in [1.54, 1.807) is 4.90 Å². The predicted molar refractivity (Wildman–Crippen MR) is 70.0 cm³/mol. The molecule has 0 aromatic heterocycles. The van der Waals surface area contributed by atoms with Crippen molar-refractivity contribution in [1.82, 2.24) is 0 Å². The van der Waals surface area contributed by atoms with Gasteiger partial charge in [0.1, 0.15) is 5.75 Å². The van der Waals surface area contributed by atoms with Crippen molar-refractivity contribution in [2.24, 2.45) is 5.73 Å². The highest BCUT2D eigenvalue weighted by molar-refractivity contribution is 5.98. The average molecular weight is 247 g/mol. The van der Waals surface area contributed by atoms with Crippen LogP contribution in [0.1, 0.15) is 12.8 Å². The summed E-state index contributed by atoms with van der Waals surface area (Å²) in [6.45, 7) is 0.678. The number of rotatable bonds is 3. The second kappa shape index (κ2) is 3.88. The van der Waals surface area contributed by atoms with Gasteiger partial charge in [-0.15, -0.1) is 0 Å². The van der Waals surface area contributed by atoms with E-state index in [1.807, 2.05) is 25.2 Å². The van der Waals surface area contributed by atoms with Gasteiger partial charge in [-0.05, 0) is 31.0 Å². The zero-order chi connectivity index (χ0) is 12.8. The van der Waals surface area contributed by atoms with Crippen molar-refractivity contribution >= 4 is 17.3 Å². The molecule has 0 saturated heterocycles. The fraction of sp³-hybridized carbons (Fsp3) is 0.462. The minimum absolute atomic E-state index is 0.0209. The first-order valence-corrected chi connectivity index (χ1v) is 6.15. The largest absolute Gasteiger partial charge is 0.482 e. The highest BCUT2D eigenvalue weighted by atomic mass is 16.5. The van der Waals surface area contributed by atoms with Gasteiger partial charge >= 0.3 is 0 Å². The lowest BCUT2D eigenvalue weighted by Gasteiger charge is -2.31. The van der Waals surface area contributed by atoms with Crippen molar-refractivity contribution in [2.45, 2.75) is 18.4 Å². The molecule has 96 valence electrons. The van der Waals surface area contributed by atoms with E-state index < -0.39 is 0 Å². The molecule has 18 heavy (non-hydrogen) atoms. The van der Waals surface area contributed by atoms with Crippen LogP contribution in [0.15, 0.2) is 18.2 Å². The lowest BCUT2D eigenvalue weighted by atomic mass is 10.1. The lowest BCUT2D eigenvalue weighted by Crippen LogP contribution is -2.46. The molecular formula is C13H17N3O2. The van der Waals surface area contributed by atoms with Gasteiger partial charge in [-0.3, -0.25) is 4.79 Å².